The molecule has 1 unspecified atom stereocenters. The lowest BCUT2D eigenvalue weighted by molar-refractivity contribution is -0.134. The monoisotopic (exact) mass is 989 g/mol. The molecule has 0 saturated carbocycles. The van der Waals surface area contributed by atoms with Crippen molar-refractivity contribution >= 4 is 79.2 Å². The molecule has 10 rings (SSSR count). The second-order valence-corrected chi connectivity index (χ2v) is 19.7. The van der Waals surface area contributed by atoms with E-state index in [1.54, 1.807) is 31.3 Å². The van der Waals surface area contributed by atoms with E-state index >= 15 is 0 Å². The zero-order valence-corrected chi connectivity index (χ0v) is 40.8. The third-order valence-corrected chi connectivity index (χ3v) is 15.3. The number of para-hydroxylation sites is 1. The molecule has 0 aliphatic carbocycles. The summed E-state index contributed by atoms with van der Waals surface area (Å²) in [5.41, 5.74) is 7.00. The summed E-state index contributed by atoms with van der Waals surface area (Å²) < 4.78 is 13.6. The molecule has 4 aliphatic heterocycles. The Hall–Kier alpha value is -7.54. The number of aromatic carboxylic acids is 1. The van der Waals surface area contributed by atoms with Crippen molar-refractivity contribution in [2.45, 2.75) is 76.6 Å². The number of hydrogen-bond donors (Lipinski definition) is 6. The van der Waals surface area contributed by atoms with E-state index < -0.39 is 17.8 Å². The summed E-state index contributed by atoms with van der Waals surface area (Å²) in [5, 5.41) is 31.1. The number of ether oxygens (including phenoxy) is 2. The lowest BCUT2D eigenvalue weighted by Gasteiger charge is -2.38. The number of fused-ring (bicyclic) bond motifs is 4. The Morgan fingerprint density at radius 2 is 1.68 bits per heavy atom. The molecule has 17 nitrogen and oxygen atoms in total. The summed E-state index contributed by atoms with van der Waals surface area (Å²) in [6.45, 7) is 3.79. The van der Waals surface area contributed by atoms with Crippen LogP contribution < -0.4 is 30.9 Å². The molecule has 6 N–H and O–H groups in total. The number of nitrogens with one attached hydrogen (secondary N) is 5. The molecule has 18 heteroatoms. The Labute approximate surface area is 419 Å². The molecule has 370 valence electrons. The van der Waals surface area contributed by atoms with Crippen molar-refractivity contribution in [3.8, 4) is 16.9 Å². The summed E-state index contributed by atoms with van der Waals surface area (Å²) in [6.07, 6.45) is 4.70. The van der Waals surface area contributed by atoms with E-state index in [2.05, 4.69) is 31.2 Å². The molecular formula is C54H55N9O8S. The number of pyridine rings is 1. The molecule has 4 aliphatic rings. The van der Waals surface area contributed by atoms with E-state index in [-0.39, 0.29) is 66.7 Å². The topological polar surface area (TPSA) is 228 Å². The molecule has 6 aromatic rings. The van der Waals surface area contributed by atoms with E-state index in [1.807, 2.05) is 78.6 Å². The van der Waals surface area contributed by atoms with Gasteiger partial charge in [0.05, 0.1) is 41.1 Å². The van der Waals surface area contributed by atoms with E-state index in [1.165, 1.54) is 11.3 Å². The number of thiazole rings is 1. The highest BCUT2D eigenvalue weighted by Gasteiger charge is 2.42. The van der Waals surface area contributed by atoms with Crippen molar-refractivity contribution < 1.29 is 38.6 Å². The Morgan fingerprint density at radius 3 is 2.46 bits per heavy atom. The van der Waals surface area contributed by atoms with E-state index in [0.29, 0.717) is 83.1 Å². The minimum absolute atomic E-state index is 0.0209. The molecule has 0 radical (unpaired) electrons. The number of nitrogens with zero attached hydrogens (tertiary/aromatic N) is 4. The number of amides is 4. The van der Waals surface area contributed by atoms with Crippen LogP contribution >= 0.6 is 11.3 Å². The molecule has 0 spiro atoms. The van der Waals surface area contributed by atoms with Crippen LogP contribution in [0.25, 0.3) is 21.3 Å². The normalized spacial score (nSPS) is 19.6. The number of carbonyl (C=O) groups is 5. The smallest absolute Gasteiger partial charge is 0.355 e. The highest BCUT2D eigenvalue weighted by atomic mass is 32.1. The van der Waals surface area contributed by atoms with Gasteiger partial charge in [-0.1, -0.05) is 47.7 Å². The number of anilines is 4. The van der Waals surface area contributed by atoms with Crippen LogP contribution in [0, 0.1) is 18.3 Å². The van der Waals surface area contributed by atoms with Gasteiger partial charge >= 0.3 is 5.97 Å². The number of carbonyl (C=O) groups excluding carboxylic acids is 4. The highest BCUT2D eigenvalue weighted by Crippen LogP contribution is 2.38. The van der Waals surface area contributed by atoms with Crippen LogP contribution in [0.4, 0.5) is 22.3 Å². The lowest BCUT2D eigenvalue weighted by atomic mass is 9.88. The molecule has 6 heterocycles. The van der Waals surface area contributed by atoms with Crippen molar-refractivity contribution in [3.63, 3.8) is 0 Å². The first-order valence-corrected chi connectivity index (χ1v) is 25.1. The molecule has 4 aromatic carbocycles. The fourth-order valence-electron chi connectivity index (χ4n) is 10.7. The third-order valence-electron chi connectivity index (χ3n) is 14.3. The Kier molecular flexibility index (Phi) is 13.8. The van der Waals surface area contributed by atoms with Crippen molar-refractivity contribution in [1.29, 1.82) is 5.41 Å². The van der Waals surface area contributed by atoms with Gasteiger partial charge in [-0.25, -0.2) is 14.8 Å². The summed E-state index contributed by atoms with van der Waals surface area (Å²) in [6, 6.07) is 28.3. The third kappa shape index (κ3) is 10.0. The number of imide groups is 1. The number of piperidine rings is 2. The van der Waals surface area contributed by atoms with Gasteiger partial charge in [0.1, 0.15) is 18.2 Å². The number of benzene rings is 4. The molecular weight excluding hydrogens is 935 g/mol. The van der Waals surface area contributed by atoms with Crippen LogP contribution in [0.15, 0.2) is 91.0 Å². The molecule has 3 fully saturated rings. The van der Waals surface area contributed by atoms with Gasteiger partial charge in [0.2, 0.25) is 17.7 Å². The number of rotatable bonds is 16. The minimum atomic E-state index is -1.15. The average Bonchev–Trinajstić information content (AvgIpc) is 3.88. The van der Waals surface area contributed by atoms with Gasteiger partial charge < -0.3 is 35.5 Å². The van der Waals surface area contributed by atoms with Gasteiger partial charge in [0, 0.05) is 66.7 Å². The maximum Gasteiger partial charge on any atom is 0.355 e. The quantitative estimate of drug-likeness (QED) is 0.0311. The number of aromatic nitrogens is 2. The first-order chi connectivity index (χ1) is 34.9. The van der Waals surface area contributed by atoms with Crippen molar-refractivity contribution in [2.24, 2.45) is 5.92 Å². The zero-order chi connectivity index (χ0) is 50.0. The predicted octanol–water partition coefficient (Wildman–Crippen LogP) is 7.67. The molecule has 4 amide bonds. The fourth-order valence-corrected chi connectivity index (χ4v) is 11.6. The first kappa shape index (κ1) is 48.1. The molecule has 2 bridgehead atoms. The Balaban J connectivity index is 0.724. The van der Waals surface area contributed by atoms with Crippen molar-refractivity contribution in [1.82, 2.24) is 20.2 Å². The first-order valence-electron chi connectivity index (χ1n) is 24.3. The minimum Gasteiger partial charge on any atom is -0.491 e. The van der Waals surface area contributed by atoms with Gasteiger partial charge in [0.15, 0.2) is 10.8 Å². The lowest BCUT2D eigenvalue weighted by Crippen LogP contribution is -2.48. The van der Waals surface area contributed by atoms with Crippen LogP contribution in [0.3, 0.4) is 0 Å². The van der Waals surface area contributed by atoms with E-state index in [9.17, 15) is 29.1 Å². The summed E-state index contributed by atoms with van der Waals surface area (Å²) >= 11 is 1.42. The maximum atomic E-state index is 13.6. The van der Waals surface area contributed by atoms with Crippen LogP contribution in [-0.2, 0) is 32.1 Å². The Morgan fingerprint density at radius 1 is 0.875 bits per heavy atom. The molecule has 72 heavy (non-hydrogen) atoms. The van der Waals surface area contributed by atoms with Crippen LogP contribution in [0.5, 0.6) is 5.75 Å². The largest absolute Gasteiger partial charge is 0.491 e. The maximum absolute atomic E-state index is 13.6. The standard InChI is InChI=1S/C54H55N9O8S/c1-30-36(37-17-19-46(59-50(37)53(68)69)62-22-21-31-7-5-9-38(41(31)28-62)51(66)61-54-58-42-10-3-4-12-45(42)72-54)8-6-11-44(30)71-24-23-70-35-26-33-14-15-34(27-35)63(33)29-48(65)57-32-13-16-39(43(25-32)56-2)49(55)40-18-20-47(64)60-52(40)67/h3-13,16-17,19,25,33-35,40,55-56H,14-15,18,20-24,26-29H2,1-2H3,(H,57,65)(H,68,69)(H,58,61,66)(H,60,64,67)/t33-,34+,35-,40?. The second kappa shape index (κ2) is 20.7. The van der Waals surface area contributed by atoms with Crippen LogP contribution in [0.1, 0.15) is 81.6 Å². The Bertz CT molecular complexity index is 3090. The number of carboxylic acid groups (broad SMARTS) is 1. The highest BCUT2D eigenvalue weighted by molar-refractivity contribution is 7.22. The average molecular weight is 990 g/mol. The SMILES string of the molecule is CNc1cc(NC(=O)CN2[C@@H]3CC[C@H]2C[C@H](OCCOc2cccc(-c4ccc(N5CCc6cccc(C(=O)Nc7nc8ccccc8s7)c6C5)nc4C(=O)O)c2C)C3)ccc1C(=N)C1CCC(=O)NC1=O. The molecule has 4 atom stereocenters. The van der Waals surface area contributed by atoms with Crippen molar-refractivity contribution in [3.05, 3.63) is 125 Å². The number of hydrogen-bond acceptors (Lipinski definition) is 14. The van der Waals surface area contributed by atoms with Gasteiger partial charge in [0.25, 0.3) is 5.91 Å². The van der Waals surface area contributed by atoms with Crippen LogP contribution in [0.2, 0.25) is 0 Å². The van der Waals surface area contributed by atoms with Gasteiger partial charge in [-0.15, -0.1) is 0 Å². The molecule has 2 aromatic heterocycles. The predicted molar refractivity (Wildman–Crippen MR) is 275 cm³/mol. The van der Waals surface area contributed by atoms with Crippen molar-refractivity contribution in [2.75, 3.05) is 54.2 Å². The second-order valence-electron chi connectivity index (χ2n) is 18.7. The van der Waals surface area contributed by atoms with Gasteiger partial charge in [-0.3, -0.25) is 34.7 Å². The van der Waals surface area contributed by atoms with Crippen LogP contribution in [-0.4, -0.2) is 107 Å². The van der Waals surface area contributed by atoms with E-state index in [4.69, 9.17) is 19.9 Å². The van der Waals surface area contributed by atoms with Gasteiger partial charge in [-0.2, -0.15) is 0 Å². The van der Waals surface area contributed by atoms with Gasteiger partial charge in [-0.05, 0) is 122 Å². The summed E-state index contributed by atoms with van der Waals surface area (Å²) in [4.78, 5) is 77.5. The zero-order valence-electron chi connectivity index (χ0n) is 40.0. The fraction of sp³-hybridized carbons (Fsp3) is 0.333. The summed E-state index contributed by atoms with van der Waals surface area (Å²) in [7, 11) is 1.72. The summed E-state index contributed by atoms with van der Waals surface area (Å²) in [5.74, 6) is -1.94. The number of carboxylic acids is 1. The molecule has 3 saturated heterocycles. The van der Waals surface area contributed by atoms with E-state index in [0.717, 1.165) is 52.6 Å².